The summed E-state index contributed by atoms with van der Waals surface area (Å²) in [4.78, 5) is 24.1. The van der Waals surface area contributed by atoms with E-state index in [0.29, 0.717) is 26.3 Å². The van der Waals surface area contributed by atoms with Crippen LogP contribution in [0.25, 0.3) is 11.0 Å². The fourth-order valence-corrected chi connectivity index (χ4v) is 4.26. The lowest BCUT2D eigenvalue weighted by atomic mass is 10.2. The minimum Gasteiger partial charge on any atom is -0.378 e. The molecule has 2 saturated heterocycles. The second-order valence-electron chi connectivity index (χ2n) is 7.97. The minimum atomic E-state index is -0.234. The molecule has 0 radical (unpaired) electrons. The molecular formula is C23H26FN5O2. The van der Waals surface area contributed by atoms with Gasteiger partial charge in [0.2, 0.25) is 5.91 Å². The van der Waals surface area contributed by atoms with E-state index in [1.807, 2.05) is 27.8 Å². The van der Waals surface area contributed by atoms with E-state index in [2.05, 4.69) is 15.9 Å². The van der Waals surface area contributed by atoms with E-state index in [-0.39, 0.29) is 18.3 Å². The van der Waals surface area contributed by atoms with Crippen molar-refractivity contribution in [1.29, 1.82) is 0 Å². The highest BCUT2D eigenvalue weighted by Gasteiger charge is 2.22. The van der Waals surface area contributed by atoms with E-state index in [1.54, 1.807) is 12.1 Å². The number of benzene rings is 1. The van der Waals surface area contributed by atoms with Crippen LogP contribution >= 0.6 is 0 Å². The van der Waals surface area contributed by atoms with E-state index in [4.69, 9.17) is 9.72 Å². The molecule has 31 heavy (non-hydrogen) atoms. The summed E-state index contributed by atoms with van der Waals surface area (Å²) in [5.41, 5.74) is 1.83. The number of rotatable bonds is 4. The second kappa shape index (κ2) is 8.55. The van der Waals surface area contributed by atoms with Gasteiger partial charge in [-0.05, 0) is 42.5 Å². The minimum absolute atomic E-state index is 0.0924. The first kappa shape index (κ1) is 19.8. The van der Waals surface area contributed by atoms with Gasteiger partial charge in [0.15, 0.2) is 0 Å². The zero-order valence-corrected chi connectivity index (χ0v) is 17.4. The van der Waals surface area contributed by atoms with E-state index in [9.17, 15) is 9.18 Å². The third-order valence-electron chi connectivity index (χ3n) is 6.06. The van der Waals surface area contributed by atoms with Crippen molar-refractivity contribution < 1.29 is 13.9 Å². The van der Waals surface area contributed by atoms with Gasteiger partial charge in [-0.1, -0.05) is 0 Å². The van der Waals surface area contributed by atoms with E-state index in [1.165, 1.54) is 12.1 Å². The van der Waals surface area contributed by atoms with Gasteiger partial charge in [0.25, 0.3) is 0 Å². The van der Waals surface area contributed by atoms with Gasteiger partial charge >= 0.3 is 0 Å². The van der Waals surface area contributed by atoms with Crippen LogP contribution in [-0.2, 0) is 16.1 Å². The molecule has 0 spiro atoms. The van der Waals surface area contributed by atoms with Crippen molar-refractivity contribution in [2.75, 3.05) is 62.3 Å². The summed E-state index contributed by atoms with van der Waals surface area (Å²) in [7, 11) is 0. The Kier molecular flexibility index (Phi) is 5.46. The monoisotopic (exact) mass is 423 g/mol. The number of hydrogen-bond acceptors (Lipinski definition) is 5. The second-order valence-corrected chi connectivity index (χ2v) is 7.97. The van der Waals surface area contributed by atoms with Crippen LogP contribution in [0.1, 0.15) is 0 Å². The molecule has 1 aromatic carbocycles. The largest absolute Gasteiger partial charge is 0.378 e. The van der Waals surface area contributed by atoms with Crippen LogP contribution in [0.4, 0.5) is 15.9 Å². The number of anilines is 2. The van der Waals surface area contributed by atoms with Crippen molar-refractivity contribution >= 4 is 28.4 Å². The molecule has 0 N–H and O–H groups in total. The van der Waals surface area contributed by atoms with Crippen LogP contribution in [0.5, 0.6) is 0 Å². The van der Waals surface area contributed by atoms with Crippen molar-refractivity contribution in [3.05, 3.63) is 54.5 Å². The van der Waals surface area contributed by atoms with Crippen molar-refractivity contribution in [1.82, 2.24) is 14.5 Å². The number of halogens is 1. The van der Waals surface area contributed by atoms with Gasteiger partial charge in [0.05, 0.1) is 13.2 Å². The van der Waals surface area contributed by atoms with Gasteiger partial charge in [-0.2, -0.15) is 0 Å². The Labute approximate surface area is 180 Å². The number of fused-ring (bicyclic) bond motifs is 1. The molecule has 0 atom stereocenters. The smallest absolute Gasteiger partial charge is 0.242 e. The fraction of sp³-hybridized carbons (Fsp3) is 0.391. The summed E-state index contributed by atoms with van der Waals surface area (Å²) < 4.78 is 20.5. The number of aromatic nitrogens is 2. The maximum absolute atomic E-state index is 13.2. The SMILES string of the molecule is O=C(Cn1ccc2ccc(N3CCOCC3)nc21)N1CCN(c2ccc(F)cc2)CC1. The number of amides is 1. The first-order valence-electron chi connectivity index (χ1n) is 10.7. The highest BCUT2D eigenvalue weighted by atomic mass is 19.1. The maximum atomic E-state index is 13.2. The average Bonchev–Trinajstić information content (AvgIpc) is 3.22. The lowest BCUT2D eigenvalue weighted by molar-refractivity contribution is -0.132. The van der Waals surface area contributed by atoms with Crippen molar-refractivity contribution in [2.24, 2.45) is 0 Å². The molecule has 0 aliphatic carbocycles. The van der Waals surface area contributed by atoms with Gasteiger partial charge in [-0.15, -0.1) is 0 Å². The number of morpholine rings is 1. The molecule has 3 aromatic rings. The standard InChI is InChI=1S/C23H26FN5O2/c24-19-2-4-20(5-3-19)26-9-11-28(12-10-26)22(30)17-29-8-7-18-1-6-21(25-23(18)29)27-13-15-31-16-14-27/h1-8H,9-17H2. The third-order valence-corrected chi connectivity index (χ3v) is 6.06. The third kappa shape index (κ3) is 4.20. The Morgan fingerprint density at radius 3 is 2.39 bits per heavy atom. The molecule has 5 rings (SSSR count). The Balaban J connectivity index is 1.24. The van der Waals surface area contributed by atoms with E-state index >= 15 is 0 Å². The molecule has 2 aromatic heterocycles. The fourth-order valence-electron chi connectivity index (χ4n) is 4.26. The first-order chi connectivity index (χ1) is 15.2. The van der Waals surface area contributed by atoms with Crippen LogP contribution in [0, 0.1) is 5.82 Å². The van der Waals surface area contributed by atoms with Gasteiger partial charge in [-0.3, -0.25) is 4.79 Å². The maximum Gasteiger partial charge on any atom is 0.242 e. The molecule has 2 aliphatic heterocycles. The summed E-state index contributed by atoms with van der Waals surface area (Å²) >= 11 is 0. The first-order valence-corrected chi connectivity index (χ1v) is 10.7. The average molecular weight is 423 g/mol. The summed E-state index contributed by atoms with van der Waals surface area (Å²) in [6.07, 6.45) is 1.94. The highest BCUT2D eigenvalue weighted by molar-refractivity contribution is 5.82. The van der Waals surface area contributed by atoms with Crippen LogP contribution in [-0.4, -0.2) is 72.8 Å². The molecule has 2 aliphatic rings. The lowest BCUT2D eigenvalue weighted by Gasteiger charge is -2.36. The summed E-state index contributed by atoms with van der Waals surface area (Å²) in [5.74, 6) is 0.785. The summed E-state index contributed by atoms with van der Waals surface area (Å²) in [6, 6.07) is 12.6. The van der Waals surface area contributed by atoms with Gasteiger partial charge < -0.3 is 24.0 Å². The zero-order valence-electron chi connectivity index (χ0n) is 17.4. The van der Waals surface area contributed by atoms with Crippen molar-refractivity contribution in [3.63, 3.8) is 0 Å². The Morgan fingerprint density at radius 1 is 0.903 bits per heavy atom. The topological polar surface area (TPSA) is 53.8 Å². The van der Waals surface area contributed by atoms with Crippen LogP contribution < -0.4 is 9.80 Å². The number of piperazine rings is 1. The Morgan fingerprint density at radius 2 is 1.65 bits per heavy atom. The Hall–Kier alpha value is -3.13. The zero-order chi connectivity index (χ0) is 21.2. The Bertz CT molecular complexity index is 1050. The van der Waals surface area contributed by atoms with Gasteiger partial charge in [-0.25, -0.2) is 9.37 Å². The molecule has 162 valence electrons. The highest BCUT2D eigenvalue weighted by Crippen LogP contribution is 2.21. The molecule has 0 bridgehead atoms. The number of nitrogens with zero attached hydrogens (tertiary/aromatic N) is 5. The van der Waals surface area contributed by atoms with Crippen molar-refractivity contribution in [2.45, 2.75) is 6.54 Å². The van der Waals surface area contributed by atoms with Gasteiger partial charge in [0, 0.05) is 56.5 Å². The molecule has 0 saturated carbocycles. The number of carbonyl (C=O) groups is 1. The van der Waals surface area contributed by atoms with Gasteiger partial charge in [0.1, 0.15) is 23.8 Å². The van der Waals surface area contributed by atoms with Crippen LogP contribution in [0.2, 0.25) is 0 Å². The number of carbonyl (C=O) groups excluding carboxylic acids is 1. The predicted octanol–water partition coefficient (Wildman–Crippen LogP) is 2.36. The summed E-state index contributed by atoms with van der Waals surface area (Å²) in [6.45, 7) is 6.15. The number of pyridine rings is 1. The molecule has 8 heteroatoms. The van der Waals surface area contributed by atoms with Crippen LogP contribution in [0.3, 0.4) is 0 Å². The predicted molar refractivity (Wildman–Crippen MR) is 118 cm³/mol. The quantitative estimate of drug-likeness (QED) is 0.645. The summed E-state index contributed by atoms with van der Waals surface area (Å²) in [5, 5.41) is 1.03. The molecule has 4 heterocycles. The number of ether oxygens (including phenoxy) is 1. The van der Waals surface area contributed by atoms with Crippen molar-refractivity contribution in [3.8, 4) is 0 Å². The normalized spacial score (nSPS) is 17.4. The molecule has 7 nitrogen and oxygen atoms in total. The molecule has 1 amide bonds. The molecular weight excluding hydrogens is 397 g/mol. The molecule has 0 unspecified atom stereocenters. The lowest BCUT2D eigenvalue weighted by Crippen LogP contribution is -2.49. The van der Waals surface area contributed by atoms with Crippen LogP contribution in [0.15, 0.2) is 48.7 Å². The number of hydrogen-bond donors (Lipinski definition) is 0. The molecule has 2 fully saturated rings. The van der Waals surface area contributed by atoms with E-state index < -0.39 is 0 Å². The van der Waals surface area contributed by atoms with E-state index in [0.717, 1.165) is 48.7 Å².